The summed E-state index contributed by atoms with van der Waals surface area (Å²) < 4.78 is 0. The first kappa shape index (κ1) is 67.0. The number of rotatable bonds is 0. The van der Waals surface area contributed by atoms with Crippen LogP contribution >= 0.6 is 24.8 Å². The van der Waals surface area contributed by atoms with E-state index in [9.17, 15) is 0 Å². The molecule has 0 aliphatic carbocycles. The van der Waals surface area contributed by atoms with Crippen LogP contribution < -0.4 is 0 Å². The Hall–Kier alpha value is 1.15. The van der Waals surface area contributed by atoms with Crippen molar-refractivity contribution in [1.82, 2.24) is 0 Å². The molecular weight excluding hydrogens is 141 g/mol. The zero-order valence-electron chi connectivity index (χ0n) is 1.15. The SMILES string of the molecule is B.Cl.Cl.[Co]. The maximum atomic E-state index is 0. The van der Waals surface area contributed by atoms with Crippen LogP contribution in [0.1, 0.15) is 0 Å². The summed E-state index contributed by atoms with van der Waals surface area (Å²) in [5, 5.41) is 0. The van der Waals surface area contributed by atoms with E-state index in [1.807, 2.05) is 0 Å². The summed E-state index contributed by atoms with van der Waals surface area (Å²) in [6.07, 6.45) is 0. The molecule has 0 aliphatic rings. The third-order valence-electron chi connectivity index (χ3n) is 0. The van der Waals surface area contributed by atoms with E-state index in [4.69, 9.17) is 0 Å². The molecule has 0 bridgehead atoms. The van der Waals surface area contributed by atoms with Crippen molar-refractivity contribution in [2.45, 2.75) is 0 Å². The zero-order valence-corrected chi connectivity index (χ0v) is 3.82. The van der Waals surface area contributed by atoms with E-state index in [0.29, 0.717) is 0 Å². The molecule has 0 unspecified atom stereocenters. The molecule has 0 fully saturated rings. The van der Waals surface area contributed by atoms with Crippen molar-refractivity contribution in [2.75, 3.05) is 0 Å². The Bertz CT molecular complexity index is 6.00. The van der Waals surface area contributed by atoms with E-state index < -0.39 is 0 Å². The van der Waals surface area contributed by atoms with Gasteiger partial charge in [0, 0.05) is 16.8 Å². The number of hydrogen-bond acceptors (Lipinski definition) is 0. The maximum absolute atomic E-state index is 0. The predicted octanol–water partition coefficient (Wildman–Crippen LogP) is -0.343. The molecule has 0 nitrogen and oxygen atoms in total. The van der Waals surface area contributed by atoms with E-state index in [0.717, 1.165) is 0 Å². The molecule has 0 aromatic rings. The normalized spacial score (nSPS) is 0. The van der Waals surface area contributed by atoms with Crippen LogP contribution in [0, 0.1) is 0 Å². The first-order valence-electron chi connectivity index (χ1n) is 0. The molecule has 0 amide bonds. The fraction of sp³-hybridized carbons (Fsp3) is 0. The molecule has 0 saturated heterocycles. The van der Waals surface area contributed by atoms with Gasteiger partial charge in [-0.3, -0.25) is 0 Å². The van der Waals surface area contributed by atoms with Gasteiger partial charge in [0.2, 0.25) is 0 Å². The van der Waals surface area contributed by atoms with Crippen molar-refractivity contribution < 1.29 is 16.8 Å². The van der Waals surface area contributed by atoms with Crippen molar-refractivity contribution in [2.24, 2.45) is 0 Å². The summed E-state index contributed by atoms with van der Waals surface area (Å²) >= 11 is 0. The van der Waals surface area contributed by atoms with Gasteiger partial charge in [0.25, 0.3) is 0 Å². The Labute approximate surface area is 50.3 Å². The summed E-state index contributed by atoms with van der Waals surface area (Å²) in [6, 6.07) is 0. The Morgan fingerprint density at radius 2 is 0.750 bits per heavy atom. The van der Waals surface area contributed by atoms with Crippen molar-refractivity contribution in [3.05, 3.63) is 0 Å². The Morgan fingerprint density at radius 3 is 0.750 bits per heavy atom. The van der Waals surface area contributed by atoms with Gasteiger partial charge < -0.3 is 0 Å². The van der Waals surface area contributed by atoms with Crippen molar-refractivity contribution in [3.63, 3.8) is 0 Å². The standard InChI is InChI=1S/BH3.2ClH.Co/h1H3;2*1H;. The quantitative estimate of drug-likeness (QED) is 0.409. The van der Waals surface area contributed by atoms with Gasteiger partial charge >= 0.3 is 0 Å². The van der Waals surface area contributed by atoms with E-state index in [2.05, 4.69) is 0 Å². The van der Waals surface area contributed by atoms with Crippen LogP contribution in [0.2, 0.25) is 0 Å². The number of halogens is 2. The van der Waals surface area contributed by atoms with Crippen LogP contribution in [0.5, 0.6) is 0 Å². The van der Waals surface area contributed by atoms with Gasteiger partial charge in [0.05, 0.1) is 8.41 Å². The van der Waals surface area contributed by atoms with E-state index >= 15 is 0 Å². The second kappa shape index (κ2) is 31.1. The van der Waals surface area contributed by atoms with Crippen LogP contribution in [0.25, 0.3) is 0 Å². The molecule has 4 heteroatoms. The summed E-state index contributed by atoms with van der Waals surface area (Å²) in [4.78, 5) is 0. The molecule has 0 atom stereocenters. The molecule has 0 aromatic carbocycles. The average Bonchev–Trinajstić information content (AvgIpc) is 0. The number of hydrogen-bond donors (Lipinski definition) is 0. The van der Waals surface area contributed by atoms with Crippen LogP contribution in [-0.4, -0.2) is 8.41 Å². The largest absolute Gasteiger partial charge is 0.147 e. The topological polar surface area (TPSA) is 0 Å². The third kappa shape index (κ3) is 11.0. The molecule has 0 saturated carbocycles. The van der Waals surface area contributed by atoms with Gasteiger partial charge in [-0.15, -0.1) is 24.8 Å². The smallest absolute Gasteiger partial charge is 0.0814 e. The minimum Gasteiger partial charge on any atom is -0.147 e. The van der Waals surface area contributed by atoms with E-state index in [1.54, 1.807) is 0 Å². The van der Waals surface area contributed by atoms with Crippen LogP contribution in [0.4, 0.5) is 0 Å². The maximum Gasteiger partial charge on any atom is 0.0814 e. The second-order valence-corrected chi connectivity index (χ2v) is 0. The molecule has 1 radical (unpaired) electrons. The average molecular weight is 146 g/mol. The Balaban J connectivity index is 0. The van der Waals surface area contributed by atoms with Gasteiger partial charge in [0.15, 0.2) is 0 Å². The van der Waals surface area contributed by atoms with Crippen LogP contribution in [-0.2, 0) is 16.8 Å². The fourth-order valence-electron chi connectivity index (χ4n) is 0. The van der Waals surface area contributed by atoms with Crippen molar-refractivity contribution in [3.8, 4) is 0 Å². The first-order valence-corrected chi connectivity index (χ1v) is 0. The van der Waals surface area contributed by atoms with Gasteiger partial charge in [-0.1, -0.05) is 0 Å². The summed E-state index contributed by atoms with van der Waals surface area (Å²) in [6.45, 7) is 0. The molecular formula is H5BCl2Co. The van der Waals surface area contributed by atoms with Gasteiger partial charge in [-0.2, -0.15) is 0 Å². The van der Waals surface area contributed by atoms with Crippen LogP contribution in [0.3, 0.4) is 0 Å². The van der Waals surface area contributed by atoms with Gasteiger partial charge in [0.1, 0.15) is 0 Å². The monoisotopic (exact) mass is 145 g/mol. The van der Waals surface area contributed by atoms with Crippen LogP contribution in [0.15, 0.2) is 0 Å². The molecule has 31 valence electrons. The minimum atomic E-state index is 0. The zero-order chi connectivity index (χ0) is 0. The van der Waals surface area contributed by atoms with E-state index in [1.165, 1.54) is 0 Å². The van der Waals surface area contributed by atoms with Crippen molar-refractivity contribution in [1.29, 1.82) is 0 Å². The van der Waals surface area contributed by atoms with Gasteiger partial charge in [-0.25, -0.2) is 0 Å². The molecule has 4 heavy (non-hydrogen) atoms. The van der Waals surface area contributed by atoms with Crippen molar-refractivity contribution >= 4 is 33.2 Å². The summed E-state index contributed by atoms with van der Waals surface area (Å²) in [7, 11) is 0. The summed E-state index contributed by atoms with van der Waals surface area (Å²) in [5.74, 6) is 0. The molecule has 0 aromatic heterocycles. The Morgan fingerprint density at radius 1 is 0.750 bits per heavy atom. The summed E-state index contributed by atoms with van der Waals surface area (Å²) in [5.41, 5.74) is 0. The molecule has 0 rings (SSSR count). The van der Waals surface area contributed by atoms with E-state index in [-0.39, 0.29) is 50.0 Å². The first-order chi connectivity index (χ1) is 0. The fourth-order valence-corrected chi connectivity index (χ4v) is 0. The van der Waals surface area contributed by atoms with Gasteiger partial charge in [-0.05, 0) is 0 Å². The molecule has 0 N–H and O–H groups in total. The second-order valence-electron chi connectivity index (χ2n) is 0. The predicted molar refractivity (Wildman–Crippen MR) is 24.4 cm³/mol. The Kier molecular flexibility index (Phi) is 521. The molecule has 0 spiro atoms. The third-order valence-corrected chi connectivity index (χ3v) is 0. The minimum absolute atomic E-state index is 0. The molecule has 0 aliphatic heterocycles. The molecule has 0 heterocycles.